The zero-order valence-electron chi connectivity index (χ0n) is 17.3. The molecule has 2 fully saturated rings. The summed E-state index contributed by atoms with van der Waals surface area (Å²) in [6.07, 6.45) is -1.12. The Kier molecular flexibility index (Phi) is 4.92. The van der Waals surface area contributed by atoms with Crippen molar-refractivity contribution in [1.29, 1.82) is 0 Å². The fourth-order valence-corrected chi connectivity index (χ4v) is 4.34. The van der Waals surface area contributed by atoms with Crippen molar-refractivity contribution in [2.45, 2.75) is 44.2 Å². The first-order chi connectivity index (χ1) is 15.1. The van der Waals surface area contributed by atoms with Crippen molar-refractivity contribution >= 4 is 27.3 Å². The summed E-state index contributed by atoms with van der Waals surface area (Å²) >= 11 is 0. The third-order valence-electron chi connectivity index (χ3n) is 5.28. The molecule has 32 heavy (non-hydrogen) atoms. The maximum Gasteiger partial charge on any atom is 0.333 e. The molecule has 0 saturated carbocycles. The molecule has 0 unspecified atom stereocenters. The van der Waals surface area contributed by atoms with Crippen molar-refractivity contribution in [3.63, 3.8) is 0 Å². The van der Waals surface area contributed by atoms with E-state index in [4.69, 9.17) is 29.3 Å². The highest BCUT2D eigenvalue weighted by Gasteiger charge is 2.56. The van der Waals surface area contributed by atoms with E-state index in [9.17, 15) is 8.42 Å². The fourth-order valence-electron chi connectivity index (χ4n) is 4.02. The van der Waals surface area contributed by atoms with Gasteiger partial charge in [-0.3, -0.25) is 8.75 Å². The standard InChI is InChI=1S/C19H22N6O6S/c1-19(2)30-13-11(8-28-32(21,26)27)29-18(14(13)31-19)25-9-22-12-15(20)23-16(24-17(12)25)10-6-4-3-5-7-10/h3-7,9,11,13-14,18H,8H2,1-2H3,(H2,20,23,24)(H2,21,26,27)/t11-,13-,14-,18-/m1/s1. The largest absolute Gasteiger partial charge is 0.382 e. The first-order valence-corrected chi connectivity index (χ1v) is 11.3. The third kappa shape index (κ3) is 3.83. The van der Waals surface area contributed by atoms with Gasteiger partial charge in [-0.15, -0.1) is 0 Å². The molecule has 1 aromatic carbocycles. The Labute approximate surface area is 183 Å². The fraction of sp³-hybridized carbons (Fsp3) is 0.421. The van der Waals surface area contributed by atoms with Crippen LogP contribution in [0.2, 0.25) is 0 Å². The zero-order valence-corrected chi connectivity index (χ0v) is 18.1. The monoisotopic (exact) mass is 462 g/mol. The summed E-state index contributed by atoms with van der Waals surface area (Å²) in [7, 11) is -4.15. The maximum absolute atomic E-state index is 11.3. The Hall–Kier alpha value is -2.68. The van der Waals surface area contributed by atoms with Crippen LogP contribution >= 0.6 is 0 Å². The van der Waals surface area contributed by atoms with E-state index < -0.39 is 40.6 Å². The lowest BCUT2D eigenvalue weighted by atomic mass is 10.1. The van der Waals surface area contributed by atoms with E-state index in [-0.39, 0.29) is 12.4 Å². The van der Waals surface area contributed by atoms with Crippen LogP contribution in [0.25, 0.3) is 22.6 Å². The molecule has 3 aromatic rings. The van der Waals surface area contributed by atoms with E-state index in [1.54, 1.807) is 18.4 Å². The normalized spacial score (nSPS) is 27.1. The van der Waals surface area contributed by atoms with Crippen molar-refractivity contribution in [1.82, 2.24) is 19.5 Å². The molecule has 0 spiro atoms. The van der Waals surface area contributed by atoms with E-state index in [0.29, 0.717) is 17.0 Å². The van der Waals surface area contributed by atoms with Gasteiger partial charge in [0.2, 0.25) is 0 Å². The van der Waals surface area contributed by atoms with Gasteiger partial charge in [-0.2, -0.15) is 8.42 Å². The van der Waals surface area contributed by atoms with Crippen LogP contribution in [0.5, 0.6) is 0 Å². The zero-order chi connectivity index (χ0) is 22.7. The Bertz CT molecular complexity index is 1260. The maximum atomic E-state index is 11.3. The van der Waals surface area contributed by atoms with Gasteiger partial charge in [0.1, 0.15) is 23.8 Å². The van der Waals surface area contributed by atoms with Gasteiger partial charge in [0.25, 0.3) is 0 Å². The van der Waals surface area contributed by atoms with Crippen LogP contribution in [0.3, 0.4) is 0 Å². The summed E-state index contributed by atoms with van der Waals surface area (Å²) in [6.45, 7) is 3.20. The molecule has 0 bridgehead atoms. The third-order valence-corrected chi connectivity index (χ3v) is 5.74. The molecular weight excluding hydrogens is 440 g/mol. The van der Waals surface area contributed by atoms with Crippen LogP contribution in [0.15, 0.2) is 36.7 Å². The van der Waals surface area contributed by atoms with Gasteiger partial charge in [0, 0.05) is 5.56 Å². The average Bonchev–Trinajstić information content (AvgIpc) is 3.37. The van der Waals surface area contributed by atoms with Gasteiger partial charge >= 0.3 is 10.3 Å². The molecule has 2 aromatic heterocycles. The number of rotatable bonds is 5. The molecule has 13 heteroatoms. The minimum Gasteiger partial charge on any atom is -0.382 e. The number of nitrogens with zero attached hydrogens (tertiary/aromatic N) is 4. The minimum absolute atomic E-state index is 0.222. The van der Waals surface area contributed by atoms with E-state index in [1.807, 2.05) is 30.3 Å². The lowest BCUT2D eigenvalue weighted by Gasteiger charge is -2.24. The number of hydrogen-bond acceptors (Lipinski definition) is 10. The van der Waals surface area contributed by atoms with E-state index in [1.165, 1.54) is 6.33 Å². The molecule has 4 heterocycles. The number of nitrogen functional groups attached to an aromatic ring is 1. The quantitative estimate of drug-likeness (QED) is 0.551. The summed E-state index contributed by atoms with van der Waals surface area (Å²) in [5.74, 6) is -0.248. The van der Waals surface area contributed by atoms with E-state index in [0.717, 1.165) is 5.56 Å². The van der Waals surface area contributed by atoms with Crippen LogP contribution in [-0.4, -0.2) is 58.6 Å². The topological polar surface area (TPSA) is 167 Å². The number of fused-ring (bicyclic) bond motifs is 2. The average molecular weight is 462 g/mol. The molecule has 4 N–H and O–H groups in total. The molecular formula is C19H22N6O6S. The van der Waals surface area contributed by atoms with Gasteiger partial charge in [0.15, 0.2) is 29.3 Å². The van der Waals surface area contributed by atoms with Crippen LogP contribution < -0.4 is 10.9 Å². The van der Waals surface area contributed by atoms with Gasteiger partial charge in [-0.25, -0.2) is 20.1 Å². The van der Waals surface area contributed by atoms with Crippen LogP contribution in [0.4, 0.5) is 5.82 Å². The molecule has 5 rings (SSSR count). The molecule has 2 aliphatic heterocycles. The number of anilines is 1. The predicted molar refractivity (Wildman–Crippen MR) is 112 cm³/mol. The first-order valence-electron chi connectivity index (χ1n) is 9.85. The second kappa shape index (κ2) is 7.43. The summed E-state index contributed by atoms with van der Waals surface area (Å²) in [6, 6.07) is 9.40. The molecule has 4 atom stereocenters. The molecule has 2 aliphatic rings. The van der Waals surface area contributed by atoms with Gasteiger partial charge < -0.3 is 19.9 Å². The molecule has 0 aliphatic carbocycles. The number of nitrogens with two attached hydrogens (primary N) is 2. The Balaban J connectivity index is 1.54. The van der Waals surface area contributed by atoms with Crippen molar-refractivity contribution < 1.29 is 26.8 Å². The number of imidazole rings is 1. The van der Waals surface area contributed by atoms with Crippen molar-refractivity contribution in [2.24, 2.45) is 5.14 Å². The number of hydrogen-bond donors (Lipinski definition) is 2. The Morgan fingerprint density at radius 3 is 2.59 bits per heavy atom. The van der Waals surface area contributed by atoms with Gasteiger partial charge in [0.05, 0.1) is 12.9 Å². The van der Waals surface area contributed by atoms with E-state index >= 15 is 0 Å². The number of ether oxygens (including phenoxy) is 3. The van der Waals surface area contributed by atoms with Crippen LogP contribution in [0, 0.1) is 0 Å². The summed E-state index contributed by atoms with van der Waals surface area (Å²) < 4.78 is 47.1. The van der Waals surface area contributed by atoms with Gasteiger partial charge in [-0.05, 0) is 13.8 Å². The molecule has 170 valence electrons. The Morgan fingerprint density at radius 2 is 1.88 bits per heavy atom. The van der Waals surface area contributed by atoms with Crippen molar-refractivity contribution in [3.05, 3.63) is 36.7 Å². The number of benzene rings is 1. The Morgan fingerprint density at radius 1 is 1.16 bits per heavy atom. The van der Waals surface area contributed by atoms with Crippen molar-refractivity contribution in [2.75, 3.05) is 12.3 Å². The van der Waals surface area contributed by atoms with Crippen LogP contribution in [0.1, 0.15) is 20.1 Å². The molecule has 2 saturated heterocycles. The minimum atomic E-state index is -4.15. The highest BCUT2D eigenvalue weighted by Crippen LogP contribution is 2.44. The summed E-state index contributed by atoms with van der Waals surface area (Å²) in [5.41, 5.74) is 7.80. The highest BCUT2D eigenvalue weighted by atomic mass is 32.2. The van der Waals surface area contributed by atoms with Crippen LogP contribution in [-0.2, 0) is 28.7 Å². The summed E-state index contributed by atoms with van der Waals surface area (Å²) in [4.78, 5) is 13.4. The second-order valence-electron chi connectivity index (χ2n) is 8.03. The first kappa shape index (κ1) is 21.2. The SMILES string of the molecule is CC1(C)O[C@@H]2[C@H](O1)[C@@H](COS(N)(=O)=O)O[C@H]2n1cnc2c(N)nc(-c3ccccc3)nc21. The number of aromatic nitrogens is 4. The van der Waals surface area contributed by atoms with Crippen molar-refractivity contribution in [3.8, 4) is 11.4 Å². The highest BCUT2D eigenvalue weighted by molar-refractivity contribution is 7.84. The second-order valence-corrected chi connectivity index (χ2v) is 9.25. The molecule has 0 radical (unpaired) electrons. The van der Waals surface area contributed by atoms with E-state index in [2.05, 4.69) is 15.0 Å². The smallest absolute Gasteiger partial charge is 0.333 e. The lowest BCUT2D eigenvalue weighted by Crippen LogP contribution is -2.34. The molecule has 0 amide bonds. The van der Waals surface area contributed by atoms with Gasteiger partial charge in [-0.1, -0.05) is 30.3 Å². The molecule has 12 nitrogen and oxygen atoms in total. The summed E-state index contributed by atoms with van der Waals surface area (Å²) in [5, 5.41) is 4.97. The predicted octanol–water partition coefficient (Wildman–Crippen LogP) is 0.713. The lowest BCUT2D eigenvalue weighted by molar-refractivity contribution is -0.198.